The van der Waals surface area contributed by atoms with Crippen LogP contribution in [0.3, 0.4) is 0 Å². The molecule has 0 aliphatic heterocycles. The van der Waals surface area contributed by atoms with Gasteiger partial charge in [0.1, 0.15) is 24.2 Å². The van der Waals surface area contributed by atoms with E-state index in [1.165, 1.54) is 0 Å². The van der Waals surface area contributed by atoms with Crippen LogP contribution in [0.1, 0.15) is 40.5 Å². The van der Waals surface area contributed by atoms with Gasteiger partial charge in [0, 0.05) is 6.42 Å². The van der Waals surface area contributed by atoms with Crippen molar-refractivity contribution in [3.8, 4) is 0 Å². The van der Waals surface area contributed by atoms with Gasteiger partial charge in [-0.1, -0.05) is 0 Å². The van der Waals surface area contributed by atoms with E-state index in [1.807, 2.05) is 0 Å². The van der Waals surface area contributed by atoms with Crippen molar-refractivity contribution in [1.29, 1.82) is 0 Å². The average molecular weight is 301 g/mol. The zero-order valence-electron chi connectivity index (χ0n) is 12.9. The molecule has 0 aliphatic carbocycles. The van der Waals surface area contributed by atoms with Crippen molar-refractivity contribution >= 4 is 24.6 Å². The van der Waals surface area contributed by atoms with Crippen LogP contribution in [0.15, 0.2) is 0 Å². The lowest BCUT2D eigenvalue weighted by Gasteiger charge is -2.24. The first-order valence-corrected chi connectivity index (χ1v) is 6.80. The molecule has 0 fully saturated rings. The minimum Gasteiger partial charge on any atom is -0.466 e. The zero-order chi connectivity index (χ0) is 16.5. The third kappa shape index (κ3) is 8.06. The fourth-order valence-electron chi connectivity index (χ4n) is 1.61. The molecule has 21 heavy (non-hydrogen) atoms. The Hall–Kier alpha value is -1.92. The fourth-order valence-corrected chi connectivity index (χ4v) is 1.61. The number of rotatable bonds is 8. The molecule has 120 valence electrons. The van der Waals surface area contributed by atoms with Crippen molar-refractivity contribution in [2.75, 3.05) is 6.61 Å². The Morgan fingerprint density at radius 1 is 1.24 bits per heavy atom. The maximum absolute atomic E-state index is 11.8. The molecule has 7 heteroatoms. The minimum absolute atomic E-state index is 0.0871. The van der Waals surface area contributed by atoms with Crippen molar-refractivity contribution in [1.82, 2.24) is 5.32 Å². The first kappa shape index (κ1) is 19.1. The molecule has 0 aromatic carbocycles. The van der Waals surface area contributed by atoms with Crippen LogP contribution in [-0.2, 0) is 23.9 Å². The van der Waals surface area contributed by atoms with Crippen LogP contribution in [0.25, 0.3) is 0 Å². The molecule has 0 spiro atoms. The summed E-state index contributed by atoms with van der Waals surface area (Å²) in [5.74, 6) is -1.55. The van der Waals surface area contributed by atoms with Crippen LogP contribution in [0.2, 0.25) is 0 Å². The predicted octanol–water partition coefficient (Wildman–Crippen LogP) is 1.24. The van der Waals surface area contributed by atoms with Crippen molar-refractivity contribution in [3.63, 3.8) is 0 Å². The Labute approximate surface area is 124 Å². The number of hydrogen-bond donors (Lipinski definition) is 1. The van der Waals surface area contributed by atoms with Gasteiger partial charge in [0.05, 0.1) is 12.5 Å². The fraction of sp³-hybridized carbons (Fsp3) is 0.714. The Morgan fingerprint density at radius 3 is 2.29 bits per heavy atom. The van der Waals surface area contributed by atoms with E-state index in [-0.39, 0.29) is 19.4 Å². The van der Waals surface area contributed by atoms with Gasteiger partial charge in [-0.3, -0.25) is 4.79 Å². The van der Waals surface area contributed by atoms with Crippen molar-refractivity contribution in [3.05, 3.63) is 0 Å². The number of alkyl carbamates (subject to hydrolysis) is 1. The number of hydrogen-bond acceptors (Lipinski definition) is 6. The molecule has 0 saturated heterocycles. The summed E-state index contributed by atoms with van der Waals surface area (Å²) in [6.45, 7) is 6.81. The third-order valence-corrected chi connectivity index (χ3v) is 2.45. The molecule has 1 amide bonds. The number of amides is 1. The van der Waals surface area contributed by atoms with E-state index in [4.69, 9.17) is 9.47 Å². The Balaban J connectivity index is 4.87. The molecule has 0 saturated carbocycles. The lowest BCUT2D eigenvalue weighted by molar-refractivity contribution is -0.150. The van der Waals surface area contributed by atoms with Gasteiger partial charge < -0.3 is 24.4 Å². The number of carbonyl (C=O) groups excluding carboxylic acids is 4. The lowest BCUT2D eigenvalue weighted by Crippen LogP contribution is -2.46. The maximum atomic E-state index is 11.8. The van der Waals surface area contributed by atoms with E-state index in [0.29, 0.717) is 12.6 Å². The van der Waals surface area contributed by atoms with E-state index in [2.05, 4.69) is 5.32 Å². The minimum atomic E-state index is -1.10. The van der Waals surface area contributed by atoms with Crippen LogP contribution in [-0.4, -0.2) is 42.9 Å². The SMILES string of the molecule is CCOC(=O)[C@@H](CCC=O)[C@@H](C=O)NC(=O)OC(C)(C)C. The van der Waals surface area contributed by atoms with E-state index >= 15 is 0 Å². The highest BCUT2D eigenvalue weighted by Gasteiger charge is 2.31. The van der Waals surface area contributed by atoms with E-state index in [9.17, 15) is 19.2 Å². The van der Waals surface area contributed by atoms with E-state index < -0.39 is 29.6 Å². The highest BCUT2D eigenvalue weighted by atomic mass is 16.6. The number of aldehydes is 2. The number of carbonyl (C=O) groups is 4. The quantitative estimate of drug-likeness (QED) is 0.535. The molecule has 0 unspecified atom stereocenters. The first-order valence-electron chi connectivity index (χ1n) is 6.80. The van der Waals surface area contributed by atoms with Gasteiger partial charge in [0.25, 0.3) is 0 Å². The molecule has 0 heterocycles. The van der Waals surface area contributed by atoms with Crippen molar-refractivity contribution in [2.45, 2.75) is 52.2 Å². The second-order valence-corrected chi connectivity index (χ2v) is 5.41. The average Bonchev–Trinajstić information content (AvgIpc) is 2.35. The summed E-state index contributed by atoms with van der Waals surface area (Å²) < 4.78 is 9.89. The Morgan fingerprint density at radius 2 is 1.86 bits per heavy atom. The number of nitrogens with one attached hydrogen (secondary N) is 1. The lowest BCUT2D eigenvalue weighted by atomic mass is 9.95. The van der Waals surface area contributed by atoms with Crippen LogP contribution in [0.5, 0.6) is 0 Å². The van der Waals surface area contributed by atoms with Crippen LogP contribution in [0, 0.1) is 5.92 Å². The molecule has 1 N–H and O–H groups in total. The standard InChI is InChI=1S/C14H23NO6/c1-5-20-12(18)10(7-6-8-16)11(9-17)15-13(19)21-14(2,3)4/h8-11H,5-7H2,1-4H3,(H,15,19)/t10-,11+/m0/s1. The highest BCUT2D eigenvalue weighted by Crippen LogP contribution is 2.14. The number of esters is 1. The molecule has 0 radical (unpaired) electrons. The summed E-state index contributed by atoms with van der Waals surface area (Å²) in [6.07, 6.45) is 0.475. The van der Waals surface area contributed by atoms with Gasteiger partial charge in [-0.15, -0.1) is 0 Å². The second-order valence-electron chi connectivity index (χ2n) is 5.41. The van der Waals surface area contributed by atoms with Gasteiger partial charge in [-0.25, -0.2) is 4.79 Å². The molecule has 0 aromatic heterocycles. The summed E-state index contributed by atoms with van der Waals surface area (Å²) in [7, 11) is 0. The second kappa shape index (κ2) is 9.10. The smallest absolute Gasteiger partial charge is 0.408 e. The Kier molecular flexibility index (Phi) is 8.26. The molecule has 7 nitrogen and oxygen atoms in total. The molecule has 0 bridgehead atoms. The molecule has 0 aromatic rings. The third-order valence-electron chi connectivity index (χ3n) is 2.45. The monoisotopic (exact) mass is 301 g/mol. The van der Waals surface area contributed by atoms with Gasteiger partial charge in [-0.05, 0) is 34.1 Å². The van der Waals surface area contributed by atoms with Gasteiger partial charge >= 0.3 is 12.1 Å². The molecule has 0 aliphatic rings. The number of ether oxygens (including phenoxy) is 2. The van der Waals surface area contributed by atoms with Crippen molar-refractivity contribution in [2.24, 2.45) is 5.92 Å². The van der Waals surface area contributed by atoms with E-state index in [1.54, 1.807) is 27.7 Å². The van der Waals surface area contributed by atoms with Crippen LogP contribution < -0.4 is 5.32 Å². The Bertz CT molecular complexity index is 374. The topological polar surface area (TPSA) is 98.8 Å². The van der Waals surface area contributed by atoms with E-state index in [0.717, 1.165) is 0 Å². The van der Waals surface area contributed by atoms with Gasteiger partial charge in [-0.2, -0.15) is 0 Å². The predicted molar refractivity (Wildman–Crippen MR) is 74.6 cm³/mol. The summed E-state index contributed by atoms with van der Waals surface area (Å²) in [6, 6.07) is -1.10. The maximum Gasteiger partial charge on any atom is 0.408 e. The largest absolute Gasteiger partial charge is 0.466 e. The normalized spacial score (nSPS) is 13.7. The van der Waals surface area contributed by atoms with Crippen LogP contribution in [0.4, 0.5) is 4.79 Å². The van der Waals surface area contributed by atoms with Gasteiger partial charge in [0.15, 0.2) is 0 Å². The molecule has 2 atom stereocenters. The molecular formula is C14H23NO6. The van der Waals surface area contributed by atoms with Gasteiger partial charge in [0.2, 0.25) is 0 Å². The van der Waals surface area contributed by atoms with Crippen molar-refractivity contribution < 1.29 is 28.7 Å². The zero-order valence-corrected chi connectivity index (χ0v) is 12.9. The van der Waals surface area contributed by atoms with Crippen LogP contribution >= 0.6 is 0 Å². The summed E-state index contributed by atoms with van der Waals surface area (Å²) >= 11 is 0. The highest BCUT2D eigenvalue weighted by molar-refractivity contribution is 5.82. The molecular weight excluding hydrogens is 278 g/mol. The summed E-state index contributed by atoms with van der Waals surface area (Å²) in [4.78, 5) is 45.1. The molecule has 0 rings (SSSR count). The summed E-state index contributed by atoms with van der Waals surface area (Å²) in [5, 5.41) is 2.33. The first-order chi connectivity index (χ1) is 9.75. The summed E-state index contributed by atoms with van der Waals surface area (Å²) in [5.41, 5.74) is -0.722.